The molecule has 1 aromatic carbocycles. The molecular formula is C26H31N5O5. The predicted molar refractivity (Wildman–Crippen MR) is 132 cm³/mol. The molecule has 3 aromatic rings. The van der Waals surface area contributed by atoms with E-state index in [4.69, 9.17) is 23.9 Å². The first-order chi connectivity index (χ1) is 17.6. The van der Waals surface area contributed by atoms with Crippen molar-refractivity contribution < 1.29 is 23.7 Å². The van der Waals surface area contributed by atoms with Crippen LogP contribution in [0.2, 0.25) is 0 Å². The number of carbonyl (C=O) groups is 1. The van der Waals surface area contributed by atoms with E-state index in [1.165, 1.54) is 0 Å². The molecule has 1 N–H and O–H groups in total. The number of amides is 1. The average molecular weight is 494 g/mol. The summed E-state index contributed by atoms with van der Waals surface area (Å²) in [5, 5.41) is 8.02. The molecule has 2 fully saturated rings. The molecule has 0 aliphatic carbocycles. The quantitative estimate of drug-likeness (QED) is 0.592. The van der Waals surface area contributed by atoms with E-state index in [-0.39, 0.29) is 11.9 Å². The second-order valence-electron chi connectivity index (χ2n) is 9.73. The van der Waals surface area contributed by atoms with Gasteiger partial charge in [0.05, 0.1) is 25.5 Å². The highest BCUT2D eigenvalue weighted by atomic mass is 16.5. The minimum absolute atomic E-state index is 0.00485. The van der Waals surface area contributed by atoms with Crippen LogP contribution in [0, 0.1) is 12.8 Å². The van der Waals surface area contributed by atoms with E-state index < -0.39 is 6.10 Å². The second-order valence-corrected chi connectivity index (χ2v) is 9.73. The Hall–Kier alpha value is -3.37. The van der Waals surface area contributed by atoms with Crippen LogP contribution in [0.4, 0.5) is 5.69 Å². The number of carbonyl (C=O) groups excluding carboxylic acids is 1. The zero-order chi connectivity index (χ0) is 24.6. The maximum absolute atomic E-state index is 12.9. The van der Waals surface area contributed by atoms with Gasteiger partial charge in [0, 0.05) is 68.2 Å². The number of anilines is 1. The number of rotatable bonds is 4. The first-order valence-corrected chi connectivity index (χ1v) is 12.5. The van der Waals surface area contributed by atoms with Crippen molar-refractivity contribution in [2.24, 2.45) is 5.92 Å². The average Bonchev–Trinajstić information content (AvgIpc) is 3.61. The Labute approximate surface area is 209 Å². The monoisotopic (exact) mass is 493 g/mol. The highest BCUT2D eigenvalue weighted by molar-refractivity contribution is 5.84. The molecule has 1 amide bonds. The summed E-state index contributed by atoms with van der Waals surface area (Å²) in [6, 6.07) is 6.00. The van der Waals surface area contributed by atoms with E-state index in [0.29, 0.717) is 50.2 Å². The van der Waals surface area contributed by atoms with Gasteiger partial charge in [-0.25, -0.2) is 4.52 Å². The SMILES string of the molecule is CO[C@@H]1C[C@H]2COc3nc4c(cnn4cc3C)-c3cc(cc(OCC4CCOC4)c3)NCCN2C1=O. The van der Waals surface area contributed by atoms with Gasteiger partial charge in [0.25, 0.3) is 5.91 Å². The summed E-state index contributed by atoms with van der Waals surface area (Å²) in [5.74, 6) is 1.71. The first kappa shape index (κ1) is 23.1. The third kappa shape index (κ3) is 4.35. The van der Waals surface area contributed by atoms with Crippen LogP contribution in [0.1, 0.15) is 18.4 Å². The molecule has 0 saturated carbocycles. The normalized spacial score (nSPS) is 23.9. The molecule has 6 rings (SSSR count). The summed E-state index contributed by atoms with van der Waals surface area (Å²) in [6.45, 7) is 5.56. The minimum atomic E-state index is -0.449. The molecule has 3 aliphatic heterocycles. The topological polar surface area (TPSA) is 99.5 Å². The number of aromatic nitrogens is 3. The van der Waals surface area contributed by atoms with Crippen molar-refractivity contribution in [2.45, 2.75) is 31.9 Å². The van der Waals surface area contributed by atoms with E-state index in [9.17, 15) is 4.79 Å². The lowest BCUT2D eigenvalue weighted by atomic mass is 10.1. The lowest BCUT2D eigenvalue weighted by Crippen LogP contribution is -2.41. The number of methoxy groups -OCH3 is 1. The third-order valence-electron chi connectivity index (χ3n) is 7.22. The van der Waals surface area contributed by atoms with Gasteiger partial charge in [-0.05, 0) is 31.0 Å². The summed E-state index contributed by atoms with van der Waals surface area (Å²) in [7, 11) is 1.58. The third-order valence-corrected chi connectivity index (χ3v) is 7.22. The van der Waals surface area contributed by atoms with E-state index in [2.05, 4.69) is 16.5 Å². The molecule has 4 bridgehead atoms. The van der Waals surface area contributed by atoms with E-state index in [1.807, 2.05) is 36.4 Å². The molecule has 1 unspecified atom stereocenters. The Morgan fingerprint density at radius 1 is 1.25 bits per heavy atom. The summed E-state index contributed by atoms with van der Waals surface area (Å²) in [6.07, 6.45) is 4.90. The van der Waals surface area contributed by atoms with Gasteiger partial charge in [-0.15, -0.1) is 0 Å². The lowest BCUT2D eigenvalue weighted by Gasteiger charge is -2.25. The molecule has 3 aliphatic rings. The maximum atomic E-state index is 12.9. The van der Waals surface area contributed by atoms with Crippen molar-refractivity contribution in [3.8, 4) is 22.8 Å². The molecule has 10 nitrogen and oxygen atoms in total. The molecule has 0 spiro atoms. The van der Waals surface area contributed by atoms with Gasteiger partial charge in [-0.2, -0.15) is 10.1 Å². The van der Waals surface area contributed by atoms with Crippen molar-refractivity contribution in [3.63, 3.8) is 0 Å². The van der Waals surface area contributed by atoms with Crippen LogP contribution in [-0.2, 0) is 14.3 Å². The highest BCUT2D eigenvalue weighted by Crippen LogP contribution is 2.33. The summed E-state index contributed by atoms with van der Waals surface area (Å²) in [5.41, 5.74) is 4.33. The Morgan fingerprint density at radius 2 is 2.17 bits per heavy atom. The van der Waals surface area contributed by atoms with Gasteiger partial charge in [-0.1, -0.05) is 0 Å². The number of ether oxygens (including phenoxy) is 4. The Bertz CT molecular complexity index is 1270. The smallest absolute Gasteiger partial charge is 0.252 e. The molecule has 2 saturated heterocycles. The summed E-state index contributed by atoms with van der Waals surface area (Å²) < 4.78 is 25.1. The van der Waals surface area contributed by atoms with Crippen LogP contribution in [0.15, 0.2) is 30.6 Å². The van der Waals surface area contributed by atoms with Crippen molar-refractivity contribution in [2.75, 3.05) is 51.9 Å². The number of benzene rings is 1. The van der Waals surface area contributed by atoms with Gasteiger partial charge in [0.1, 0.15) is 18.5 Å². The van der Waals surface area contributed by atoms with Crippen LogP contribution in [0.5, 0.6) is 11.6 Å². The Morgan fingerprint density at radius 3 is 3.00 bits per heavy atom. The maximum Gasteiger partial charge on any atom is 0.252 e. The van der Waals surface area contributed by atoms with Crippen LogP contribution < -0.4 is 14.8 Å². The Balaban J connectivity index is 1.38. The van der Waals surface area contributed by atoms with E-state index in [1.54, 1.807) is 11.6 Å². The Kier molecular flexibility index (Phi) is 6.14. The number of hydrogen-bond donors (Lipinski definition) is 1. The first-order valence-electron chi connectivity index (χ1n) is 12.5. The molecule has 190 valence electrons. The number of hydrogen-bond acceptors (Lipinski definition) is 8. The van der Waals surface area contributed by atoms with Gasteiger partial charge < -0.3 is 29.2 Å². The number of nitrogens with one attached hydrogen (secondary N) is 1. The van der Waals surface area contributed by atoms with E-state index >= 15 is 0 Å². The van der Waals surface area contributed by atoms with E-state index in [0.717, 1.165) is 47.8 Å². The van der Waals surface area contributed by atoms with Crippen LogP contribution in [0.25, 0.3) is 16.8 Å². The fourth-order valence-electron chi connectivity index (χ4n) is 5.19. The molecule has 36 heavy (non-hydrogen) atoms. The molecule has 2 aromatic heterocycles. The predicted octanol–water partition coefficient (Wildman–Crippen LogP) is 2.54. The van der Waals surface area contributed by atoms with Gasteiger partial charge in [-0.3, -0.25) is 4.79 Å². The molecule has 10 heteroatoms. The van der Waals surface area contributed by atoms with Crippen LogP contribution in [0.3, 0.4) is 0 Å². The summed E-state index contributed by atoms with van der Waals surface area (Å²) >= 11 is 0. The van der Waals surface area contributed by atoms with Gasteiger partial charge in [0.15, 0.2) is 5.65 Å². The lowest BCUT2D eigenvalue weighted by molar-refractivity contribution is -0.136. The number of aryl methyl sites for hydroxylation is 1. The summed E-state index contributed by atoms with van der Waals surface area (Å²) in [4.78, 5) is 19.6. The van der Waals surface area contributed by atoms with Crippen molar-refractivity contribution in [1.82, 2.24) is 19.5 Å². The van der Waals surface area contributed by atoms with Crippen LogP contribution in [-0.4, -0.2) is 84.2 Å². The largest absolute Gasteiger partial charge is 0.493 e. The standard InChI is InChI=1S/C26H31N5O5/c1-16-12-31-24-22(11-28-31)18-7-19(9-21(8-18)35-14-17-3-6-34-13-17)27-4-5-30-20(15-36-25(16)29-24)10-23(33-2)26(30)32/h7-9,11-12,17,20,23,27H,3-6,10,13-15H2,1-2H3/t17?,20-,23+/m0/s1. The molecule has 5 heterocycles. The molecule has 0 radical (unpaired) electrons. The number of nitrogens with zero attached hydrogens (tertiary/aromatic N) is 4. The zero-order valence-corrected chi connectivity index (χ0v) is 20.6. The second kappa shape index (κ2) is 9.59. The number of fused-ring (bicyclic) bond motifs is 5. The minimum Gasteiger partial charge on any atom is -0.493 e. The highest BCUT2D eigenvalue weighted by Gasteiger charge is 2.40. The van der Waals surface area contributed by atoms with Gasteiger partial charge >= 0.3 is 0 Å². The zero-order valence-electron chi connectivity index (χ0n) is 20.6. The van der Waals surface area contributed by atoms with Crippen LogP contribution >= 0.6 is 0 Å². The molecular weight excluding hydrogens is 462 g/mol. The van der Waals surface area contributed by atoms with Crippen molar-refractivity contribution >= 4 is 17.2 Å². The van der Waals surface area contributed by atoms with Gasteiger partial charge in [0.2, 0.25) is 5.88 Å². The molecule has 3 atom stereocenters. The van der Waals surface area contributed by atoms with Crippen molar-refractivity contribution in [1.29, 1.82) is 0 Å². The fraction of sp³-hybridized carbons (Fsp3) is 0.500. The van der Waals surface area contributed by atoms with Crippen molar-refractivity contribution in [3.05, 3.63) is 36.2 Å². The fourth-order valence-corrected chi connectivity index (χ4v) is 5.19.